The lowest BCUT2D eigenvalue weighted by Gasteiger charge is -2.05. The summed E-state index contributed by atoms with van der Waals surface area (Å²) in [7, 11) is 0. The molecule has 0 aromatic heterocycles. The van der Waals surface area contributed by atoms with Crippen LogP contribution in [0.15, 0.2) is 20.7 Å². The first-order chi connectivity index (χ1) is 5.39. The lowest BCUT2D eigenvalue weighted by atomic mass is 10.3. The number of allylic oxidation sites excluding steroid dienone is 1. The highest BCUT2D eigenvalue weighted by Crippen LogP contribution is 2.29. The van der Waals surface area contributed by atoms with Gasteiger partial charge in [0, 0.05) is 0 Å². The fraction of sp³-hybridized carbons (Fsp3) is 0.333. The third-order valence-electron chi connectivity index (χ3n) is 0.987. The summed E-state index contributed by atoms with van der Waals surface area (Å²) < 4.78 is 35.6. The molecule has 0 amide bonds. The number of aliphatic imine (C=N–C) groups is 2. The van der Waals surface area contributed by atoms with Crippen molar-refractivity contribution < 1.29 is 13.2 Å². The molecule has 0 aliphatic rings. The van der Waals surface area contributed by atoms with Gasteiger partial charge < -0.3 is 0 Å². The molecule has 0 aliphatic heterocycles. The normalized spacial score (nSPS) is 14.8. The van der Waals surface area contributed by atoms with Gasteiger partial charge in [-0.1, -0.05) is 11.6 Å². The highest BCUT2D eigenvalue weighted by Gasteiger charge is 2.32. The van der Waals surface area contributed by atoms with E-state index in [1.54, 1.807) is 0 Å². The minimum atomic E-state index is -4.45. The van der Waals surface area contributed by atoms with Gasteiger partial charge in [0.25, 0.3) is 0 Å². The van der Waals surface area contributed by atoms with Crippen LogP contribution in [-0.4, -0.2) is 19.2 Å². The van der Waals surface area contributed by atoms with Crippen molar-refractivity contribution in [1.82, 2.24) is 0 Å². The van der Waals surface area contributed by atoms with Gasteiger partial charge in [-0.05, 0) is 13.6 Å². The van der Waals surface area contributed by atoms with E-state index >= 15 is 0 Å². The molecule has 0 heterocycles. The van der Waals surface area contributed by atoms with Gasteiger partial charge in [-0.15, -0.1) is 0 Å². The minimum absolute atomic E-state index is 0.630. The molecule has 0 aromatic carbocycles. The molecular weight excluding hydrogens is 193 g/mol. The molecule has 68 valence electrons. The maximum atomic E-state index is 11.9. The van der Waals surface area contributed by atoms with E-state index in [4.69, 9.17) is 11.6 Å². The summed E-state index contributed by atoms with van der Waals surface area (Å²) >= 11 is 5.17. The highest BCUT2D eigenvalue weighted by molar-refractivity contribution is 6.30. The Bertz CT molecular complexity index is 229. The van der Waals surface area contributed by atoms with Crippen LogP contribution in [0, 0.1) is 0 Å². The molecule has 12 heavy (non-hydrogen) atoms. The number of alkyl halides is 3. The average Bonchev–Trinajstić information content (AvgIpc) is 1.97. The van der Waals surface area contributed by atoms with E-state index in [9.17, 15) is 13.2 Å². The molecule has 2 nitrogen and oxygen atoms in total. The van der Waals surface area contributed by atoms with E-state index in [1.165, 1.54) is 0 Å². The molecule has 0 saturated heterocycles. The molecule has 0 unspecified atom stereocenters. The van der Waals surface area contributed by atoms with Crippen LogP contribution in [0.1, 0.15) is 6.92 Å². The first kappa shape index (κ1) is 11.2. The number of halogens is 4. The first-order valence-corrected chi connectivity index (χ1v) is 3.19. The largest absolute Gasteiger partial charge is 0.415 e. The fourth-order valence-corrected chi connectivity index (χ4v) is 0.456. The second-order valence-corrected chi connectivity index (χ2v) is 2.20. The van der Waals surface area contributed by atoms with Crippen LogP contribution < -0.4 is 0 Å². The molecule has 0 aromatic rings. The molecule has 0 bridgehead atoms. The van der Waals surface area contributed by atoms with Crippen LogP contribution in [0.4, 0.5) is 13.2 Å². The Morgan fingerprint density at radius 3 is 2.33 bits per heavy atom. The Kier molecular flexibility index (Phi) is 3.95. The van der Waals surface area contributed by atoms with E-state index < -0.39 is 16.9 Å². The van der Waals surface area contributed by atoms with Crippen LogP contribution >= 0.6 is 11.6 Å². The molecular formula is C6H6ClF3N2. The monoisotopic (exact) mass is 198 g/mol. The van der Waals surface area contributed by atoms with Crippen LogP contribution in [0.5, 0.6) is 0 Å². The van der Waals surface area contributed by atoms with Gasteiger partial charge in [0.05, 0.1) is 5.57 Å². The van der Waals surface area contributed by atoms with Crippen molar-refractivity contribution in [3.05, 3.63) is 10.7 Å². The predicted octanol–water partition coefficient (Wildman–Crippen LogP) is 2.75. The average molecular weight is 199 g/mol. The van der Waals surface area contributed by atoms with Crippen LogP contribution in [-0.2, 0) is 0 Å². The fourth-order valence-electron chi connectivity index (χ4n) is 0.305. The molecule has 0 aliphatic carbocycles. The zero-order valence-electron chi connectivity index (χ0n) is 6.19. The Labute approximate surface area is 72.5 Å². The summed E-state index contributed by atoms with van der Waals surface area (Å²) in [6.45, 7) is 3.83. The second kappa shape index (κ2) is 4.25. The summed E-state index contributed by atoms with van der Waals surface area (Å²) in [5.41, 5.74) is -0.955. The van der Waals surface area contributed by atoms with Gasteiger partial charge in [0.15, 0.2) is 0 Å². The molecule has 6 heteroatoms. The van der Waals surface area contributed by atoms with Crippen molar-refractivity contribution in [2.45, 2.75) is 13.1 Å². The van der Waals surface area contributed by atoms with Crippen molar-refractivity contribution in [1.29, 1.82) is 0 Å². The lowest BCUT2D eigenvalue weighted by molar-refractivity contribution is -0.0917. The van der Waals surface area contributed by atoms with Crippen molar-refractivity contribution in [3.63, 3.8) is 0 Å². The van der Waals surface area contributed by atoms with E-state index in [2.05, 4.69) is 16.7 Å². The third-order valence-corrected chi connectivity index (χ3v) is 1.37. The lowest BCUT2D eigenvalue weighted by Crippen LogP contribution is -2.09. The minimum Gasteiger partial charge on any atom is -0.253 e. The van der Waals surface area contributed by atoms with Gasteiger partial charge in [-0.25, -0.2) is 4.99 Å². The van der Waals surface area contributed by atoms with E-state index in [0.29, 0.717) is 0 Å². The van der Waals surface area contributed by atoms with Gasteiger partial charge in [0.2, 0.25) is 0 Å². The summed E-state index contributed by atoms with van der Waals surface area (Å²) in [4.78, 5) is 6.29. The maximum absolute atomic E-state index is 11.9. The Balaban J connectivity index is 4.69. The van der Waals surface area contributed by atoms with Crippen molar-refractivity contribution in [3.8, 4) is 0 Å². The maximum Gasteiger partial charge on any atom is 0.415 e. The first-order valence-electron chi connectivity index (χ1n) is 2.81. The van der Waals surface area contributed by atoms with Crippen LogP contribution in [0.2, 0.25) is 0 Å². The van der Waals surface area contributed by atoms with E-state index in [1.807, 2.05) is 0 Å². The van der Waals surface area contributed by atoms with E-state index in [0.717, 1.165) is 13.3 Å². The summed E-state index contributed by atoms with van der Waals surface area (Å²) in [5.74, 6) is 0. The topological polar surface area (TPSA) is 24.7 Å². The molecule has 0 spiro atoms. The van der Waals surface area contributed by atoms with Gasteiger partial charge in [-0.2, -0.15) is 13.2 Å². The molecule has 0 fully saturated rings. The van der Waals surface area contributed by atoms with Crippen molar-refractivity contribution in [2.24, 2.45) is 9.98 Å². The number of nitrogens with zero attached hydrogens (tertiary/aromatic N) is 2. The van der Waals surface area contributed by atoms with Crippen LogP contribution in [0.25, 0.3) is 0 Å². The molecule has 0 N–H and O–H groups in total. The number of hydrogen-bond donors (Lipinski definition) is 0. The second-order valence-electron chi connectivity index (χ2n) is 1.84. The highest BCUT2D eigenvalue weighted by atomic mass is 35.5. The van der Waals surface area contributed by atoms with Gasteiger partial charge in [-0.3, -0.25) is 4.99 Å². The standard InChI is InChI=1S/C6H6ClF3N2/c1-4(6(8,9)10)5(7)12-3-11-2/h3H,2H2,1H3/b5-4+,12-3?. The summed E-state index contributed by atoms with van der Waals surface area (Å²) in [6.07, 6.45) is -3.60. The van der Waals surface area contributed by atoms with Gasteiger partial charge in [0.1, 0.15) is 11.5 Å². The van der Waals surface area contributed by atoms with Crippen LogP contribution in [0.3, 0.4) is 0 Å². The van der Waals surface area contributed by atoms with Crippen molar-refractivity contribution in [2.75, 3.05) is 0 Å². The predicted molar refractivity (Wildman–Crippen MR) is 42.6 cm³/mol. The summed E-state index contributed by atoms with van der Waals surface area (Å²) in [6, 6.07) is 0. The van der Waals surface area contributed by atoms with Crippen molar-refractivity contribution >= 4 is 24.7 Å². The Morgan fingerprint density at radius 1 is 1.50 bits per heavy atom. The number of hydrogen-bond acceptors (Lipinski definition) is 1. The smallest absolute Gasteiger partial charge is 0.253 e. The van der Waals surface area contributed by atoms with Gasteiger partial charge >= 0.3 is 6.18 Å². The molecule has 0 radical (unpaired) electrons. The quantitative estimate of drug-likeness (QED) is 0.370. The molecule has 0 atom stereocenters. The zero-order valence-corrected chi connectivity index (χ0v) is 6.95. The Hall–Kier alpha value is -0.840. The third kappa shape index (κ3) is 3.52. The van der Waals surface area contributed by atoms with E-state index in [-0.39, 0.29) is 0 Å². The number of rotatable bonds is 2. The summed E-state index contributed by atoms with van der Waals surface area (Å²) in [5, 5.41) is -0.630. The zero-order chi connectivity index (χ0) is 9.78. The molecule has 0 rings (SSSR count). The Morgan fingerprint density at radius 2 is 2.00 bits per heavy atom. The molecule has 0 saturated carbocycles. The SMILES string of the molecule is C=NC=N/C(Cl)=C(\C)C(F)(F)F.